The van der Waals surface area contributed by atoms with Gasteiger partial charge in [-0.25, -0.2) is 13.1 Å². The second-order valence-electron chi connectivity index (χ2n) is 6.69. The van der Waals surface area contributed by atoms with Crippen LogP contribution in [0.2, 0.25) is 5.02 Å². The summed E-state index contributed by atoms with van der Waals surface area (Å²) in [5.41, 5.74) is 2.10. The zero-order chi connectivity index (χ0) is 21.0. The van der Waals surface area contributed by atoms with Crippen molar-refractivity contribution in [1.82, 2.24) is 9.71 Å². The number of aryl methyl sites for hydroxylation is 1. The molecular weight excluding hydrogens is 410 g/mol. The van der Waals surface area contributed by atoms with Gasteiger partial charge in [-0.1, -0.05) is 31.0 Å². The third-order valence-electron chi connectivity index (χ3n) is 4.44. The Morgan fingerprint density at radius 3 is 2.69 bits per heavy atom. The number of halogens is 1. The van der Waals surface area contributed by atoms with E-state index in [2.05, 4.69) is 15.0 Å². The summed E-state index contributed by atoms with van der Waals surface area (Å²) in [6, 6.07) is 13.2. The first kappa shape index (κ1) is 21.2. The van der Waals surface area contributed by atoms with Crippen LogP contribution in [0, 0.1) is 6.92 Å². The lowest BCUT2D eigenvalue weighted by Gasteiger charge is -2.11. The lowest BCUT2D eigenvalue weighted by atomic mass is 10.1. The number of rotatable bonds is 7. The molecule has 0 aliphatic carbocycles. The fourth-order valence-electron chi connectivity index (χ4n) is 2.88. The average molecular weight is 432 g/mol. The van der Waals surface area contributed by atoms with Gasteiger partial charge in [-0.3, -0.25) is 9.78 Å². The number of benzene rings is 2. The van der Waals surface area contributed by atoms with Crippen molar-refractivity contribution in [3.05, 3.63) is 64.8 Å². The summed E-state index contributed by atoms with van der Waals surface area (Å²) in [6.45, 7) is 4.11. The fraction of sp³-hybridized carbons (Fsp3) is 0.238. The van der Waals surface area contributed by atoms with Crippen LogP contribution >= 0.6 is 11.6 Å². The topological polar surface area (TPSA) is 88.2 Å². The van der Waals surface area contributed by atoms with Gasteiger partial charge in [0.2, 0.25) is 10.0 Å². The Bertz CT molecular complexity index is 1160. The molecule has 0 saturated carbocycles. The van der Waals surface area contributed by atoms with Crippen molar-refractivity contribution in [2.24, 2.45) is 0 Å². The van der Waals surface area contributed by atoms with Crippen LogP contribution in [0.1, 0.15) is 35.8 Å². The summed E-state index contributed by atoms with van der Waals surface area (Å²) >= 11 is 6.03. The molecule has 0 radical (unpaired) electrons. The molecule has 2 aromatic carbocycles. The minimum Gasteiger partial charge on any atom is -0.322 e. The molecular formula is C21H22ClN3O3S. The molecule has 0 fully saturated rings. The number of nitrogens with zero attached hydrogens (tertiary/aromatic N) is 1. The molecule has 0 bridgehead atoms. The summed E-state index contributed by atoms with van der Waals surface area (Å²) in [4.78, 5) is 17.3. The Hall–Kier alpha value is -2.48. The molecule has 3 aromatic rings. The van der Waals surface area contributed by atoms with Crippen molar-refractivity contribution in [2.75, 3.05) is 11.9 Å². The largest absolute Gasteiger partial charge is 0.322 e. The number of nitrogens with one attached hydrogen (secondary N) is 2. The van der Waals surface area contributed by atoms with E-state index in [-0.39, 0.29) is 10.8 Å². The predicted octanol–water partition coefficient (Wildman–Crippen LogP) is 4.53. The molecule has 152 valence electrons. The number of carbonyl (C=O) groups is 1. The van der Waals surface area contributed by atoms with Gasteiger partial charge in [0.1, 0.15) is 0 Å². The number of unbranched alkanes of at least 4 members (excludes halogenated alkanes) is 1. The van der Waals surface area contributed by atoms with E-state index in [0.717, 1.165) is 23.7 Å². The fourth-order valence-corrected chi connectivity index (χ4v) is 4.18. The van der Waals surface area contributed by atoms with Crippen molar-refractivity contribution in [2.45, 2.75) is 31.6 Å². The molecule has 1 heterocycles. The van der Waals surface area contributed by atoms with Gasteiger partial charge in [0, 0.05) is 22.6 Å². The Labute approximate surface area is 175 Å². The number of pyridine rings is 1. The summed E-state index contributed by atoms with van der Waals surface area (Å²) < 4.78 is 27.4. The molecule has 29 heavy (non-hydrogen) atoms. The molecule has 1 amide bonds. The van der Waals surface area contributed by atoms with Gasteiger partial charge in [0.15, 0.2) is 0 Å². The SMILES string of the molecule is CCCCNS(=O)(=O)c1cccc(NC(=O)c2cc3cc(Cl)ccc3nc2C)c1. The van der Waals surface area contributed by atoms with Gasteiger partial charge in [-0.2, -0.15) is 0 Å². The standard InChI is InChI=1S/C21H22ClN3O3S/c1-3-4-10-23-29(27,28)18-7-5-6-17(13-18)25-21(26)19-12-15-11-16(22)8-9-20(15)24-14(19)2/h5-9,11-13,23H,3-4,10H2,1-2H3,(H,25,26). The van der Waals surface area contributed by atoms with E-state index in [4.69, 9.17) is 11.6 Å². The van der Waals surface area contributed by atoms with Crippen molar-refractivity contribution in [3.8, 4) is 0 Å². The number of anilines is 1. The maximum Gasteiger partial charge on any atom is 0.257 e. The van der Waals surface area contributed by atoms with E-state index in [1.165, 1.54) is 12.1 Å². The van der Waals surface area contributed by atoms with Crippen molar-refractivity contribution in [3.63, 3.8) is 0 Å². The monoisotopic (exact) mass is 431 g/mol. The van der Waals surface area contributed by atoms with Crippen LogP contribution in [0.4, 0.5) is 5.69 Å². The van der Waals surface area contributed by atoms with E-state index in [0.29, 0.717) is 28.5 Å². The highest BCUT2D eigenvalue weighted by molar-refractivity contribution is 7.89. The van der Waals surface area contributed by atoms with Crippen LogP contribution in [0.15, 0.2) is 53.4 Å². The zero-order valence-corrected chi connectivity index (χ0v) is 17.8. The molecule has 0 aliphatic rings. The minimum atomic E-state index is -3.63. The number of hydrogen-bond donors (Lipinski definition) is 2. The maximum absolute atomic E-state index is 12.8. The van der Waals surface area contributed by atoms with Gasteiger partial charge in [0.25, 0.3) is 5.91 Å². The molecule has 0 unspecified atom stereocenters. The van der Waals surface area contributed by atoms with Crippen LogP contribution < -0.4 is 10.0 Å². The van der Waals surface area contributed by atoms with Crippen molar-refractivity contribution >= 4 is 44.1 Å². The summed E-state index contributed by atoms with van der Waals surface area (Å²) in [5.74, 6) is -0.370. The normalized spacial score (nSPS) is 11.6. The number of amides is 1. The molecule has 0 spiro atoms. The summed E-state index contributed by atoms with van der Waals surface area (Å²) in [6.07, 6.45) is 1.65. The molecule has 0 atom stereocenters. The zero-order valence-electron chi connectivity index (χ0n) is 16.2. The number of aromatic nitrogens is 1. The summed E-state index contributed by atoms with van der Waals surface area (Å²) in [5, 5.41) is 4.07. The smallest absolute Gasteiger partial charge is 0.257 e. The first-order valence-corrected chi connectivity index (χ1v) is 11.1. The molecule has 3 rings (SSSR count). The van der Waals surface area contributed by atoms with E-state index < -0.39 is 10.0 Å². The number of sulfonamides is 1. The average Bonchev–Trinajstić information content (AvgIpc) is 2.68. The highest BCUT2D eigenvalue weighted by Crippen LogP contribution is 2.22. The Morgan fingerprint density at radius 1 is 1.14 bits per heavy atom. The van der Waals surface area contributed by atoms with Crippen LogP contribution in [0.5, 0.6) is 0 Å². The molecule has 0 aliphatic heterocycles. The van der Waals surface area contributed by atoms with Crippen molar-refractivity contribution in [1.29, 1.82) is 0 Å². The molecule has 6 nitrogen and oxygen atoms in total. The van der Waals surface area contributed by atoms with Gasteiger partial charge in [-0.15, -0.1) is 0 Å². The quantitative estimate of drug-likeness (QED) is 0.538. The van der Waals surface area contributed by atoms with Gasteiger partial charge >= 0.3 is 0 Å². The Balaban J connectivity index is 1.84. The van der Waals surface area contributed by atoms with E-state index in [9.17, 15) is 13.2 Å². The number of carbonyl (C=O) groups excluding carboxylic acids is 1. The van der Waals surface area contributed by atoms with E-state index in [1.807, 2.05) is 6.92 Å². The van der Waals surface area contributed by atoms with Gasteiger partial charge in [-0.05, 0) is 55.8 Å². The van der Waals surface area contributed by atoms with Crippen LogP contribution in [0.3, 0.4) is 0 Å². The van der Waals surface area contributed by atoms with Gasteiger partial charge < -0.3 is 5.32 Å². The second kappa shape index (κ2) is 8.90. The summed E-state index contributed by atoms with van der Waals surface area (Å²) in [7, 11) is -3.63. The number of fused-ring (bicyclic) bond motifs is 1. The van der Waals surface area contributed by atoms with Gasteiger partial charge in [0.05, 0.1) is 21.7 Å². The van der Waals surface area contributed by atoms with Crippen LogP contribution in [-0.2, 0) is 10.0 Å². The second-order valence-corrected chi connectivity index (χ2v) is 8.90. The van der Waals surface area contributed by atoms with Crippen LogP contribution in [0.25, 0.3) is 10.9 Å². The lowest BCUT2D eigenvalue weighted by molar-refractivity contribution is 0.102. The van der Waals surface area contributed by atoms with E-state index in [1.54, 1.807) is 43.3 Å². The highest BCUT2D eigenvalue weighted by Gasteiger charge is 2.16. The third kappa shape index (κ3) is 5.12. The predicted molar refractivity (Wildman–Crippen MR) is 116 cm³/mol. The lowest BCUT2D eigenvalue weighted by Crippen LogP contribution is -2.25. The van der Waals surface area contributed by atoms with E-state index >= 15 is 0 Å². The third-order valence-corrected chi connectivity index (χ3v) is 6.13. The minimum absolute atomic E-state index is 0.103. The molecule has 2 N–H and O–H groups in total. The molecule has 1 aromatic heterocycles. The molecule has 0 saturated heterocycles. The number of hydrogen-bond acceptors (Lipinski definition) is 4. The Kier molecular flexibility index (Phi) is 6.52. The van der Waals surface area contributed by atoms with Crippen LogP contribution in [-0.4, -0.2) is 25.9 Å². The highest BCUT2D eigenvalue weighted by atomic mass is 35.5. The molecule has 8 heteroatoms. The maximum atomic E-state index is 12.8. The first-order chi connectivity index (χ1) is 13.8. The van der Waals surface area contributed by atoms with Crippen molar-refractivity contribution < 1.29 is 13.2 Å². The first-order valence-electron chi connectivity index (χ1n) is 9.28. The Morgan fingerprint density at radius 2 is 1.93 bits per heavy atom.